The van der Waals surface area contributed by atoms with Gasteiger partial charge in [-0.05, 0) is 44.6 Å². The van der Waals surface area contributed by atoms with Gasteiger partial charge in [-0.3, -0.25) is 0 Å². The average molecular weight is 339 g/mol. The average Bonchev–Trinajstić information content (AvgIpc) is 2.08. The molecule has 1 rings (SSSR count). The first kappa shape index (κ1) is 9.61. The summed E-state index contributed by atoms with van der Waals surface area (Å²) in [5.41, 5.74) is 6.17. The third kappa shape index (κ3) is 1.49. The molecule has 0 saturated heterocycles. The van der Waals surface area contributed by atoms with Crippen LogP contribution in [-0.2, 0) is 0 Å². The zero-order valence-electron chi connectivity index (χ0n) is 5.81. The number of benzene rings is 1. The molecule has 0 atom stereocenters. The number of halogens is 2. The summed E-state index contributed by atoms with van der Waals surface area (Å²) in [5, 5.41) is 18.0. The van der Waals surface area contributed by atoms with Gasteiger partial charge in [0.2, 0.25) is 0 Å². The highest BCUT2D eigenvalue weighted by Crippen LogP contribution is 2.36. The summed E-state index contributed by atoms with van der Waals surface area (Å²) in [6.45, 7) is 0. The standard InChI is InChI=1S/C7H4BrIN2O/c8-5-6(11)3(2-10)1-4(9)7(5)12/h1,12H,11H2. The Kier molecular flexibility index (Phi) is 2.80. The van der Waals surface area contributed by atoms with Crippen LogP contribution in [0.15, 0.2) is 10.5 Å². The quantitative estimate of drug-likeness (QED) is 0.563. The largest absolute Gasteiger partial charge is 0.506 e. The molecule has 0 aromatic heterocycles. The predicted molar refractivity (Wildman–Crippen MR) is 57.7 cm³/mol. The van der Waals surface area contributed by atoms with Crippen molar-refractivity contribution >= 4 is 44.2 Å². The van der Waals surface area contributed by atoms with Crippen molar-refractivity contribution in [3.8, 4) is 11.8 Å². The van der Waals surface area contributed by atoms with Gasteiger partial charge in [0.1, 0.15) is 11.8 Å². The van der Waals surface area contributed by atoms with E-state index in [1.54, 1.807) is 0 Å². The van der Waals surface area contributed by atoms with E-state index >= 15 is 0 Å². The Morgan fingerprint density at radius 2 is 2.25 bits per heavy atom. The molecule has 1 aromatic rings. The second-order valence-electron chi connectivity index (χ2n) is 2.09. The second kappa shape index (κ2) is 3.49. The van der Waals surface area contributed by atoms with Gasteiger partial charge in [-0.25, -0.2) is 0 Å². The third-order valence-electron chi connectivity index (χ3n) is 1.35. The van der Waals surface area contributed by atoms with E-state index in [2.05, 4.69) is 15.9 Å². The van der Waals surface area contributed by atoms with Crippen LogP contribution in [0.4, 0.5) is 5.69 Å². The number of nitrogens with two attached hydrogens (primary N) is 1. The Hall–Kier alpha value is -0.480. The number of hydrogen-bond donors (Lipinski definition) is 2. The van der Waals surface area contributed by atoms with E-state index in [-0.39, 0.29) is 11.4 Å². The second-order valence-corrected chi connectivity index (χ2v) is 4.05. The molecule has 3 N–H and O–H groups in total. The van der Waals surface area contributed by atoms with Gasteiger partial charge in [0.05, 0.1) is 19.3 Å². The summed E-state index contributed by atoms with van der Waals surface area (Å²) in [5.74, 6) is 0.0760. The Morgan fingerprint density at radius 1 is 1.67 bits per heavy atom. The maximum atomic E-state index is 9.36. The molecular weight excluding hydrogens is 335 g/mol. The molecule has 3 nitrogen and oxygen atoms in total. The fourth-order valence-corrected chi connectivity index (χ4v) is 2.09. The van der Waals surface area contributed by atoms with Crippen molar-refractivity contribution in [3.05, 3.63) is 19.7 Å². The zero-order chi connectivity index (χ0) is 9.30. The Balaban J connectivity index is 3.52. The molecule has 0 radical (unpaired) electrons. The summed E-state index contributed by atoms with van der Waals surface area (Å²) in [6.07, 6.45) is 0. The number of nitrogens with zero attached hydrogens (tertiary/aromatic N) is 1. The third-order valence-corrected chi connectivity index (χ3v) is 2.98. The number of hydrogen-bond acceptors (Lipinski definition) is 3. The molecule has 1 aromatic carbocycles. The van der Waals surface area contributed by atoms with E-state index in [1.807, 2.05) is 28.7 Å². The summed E-state index contributed by atoms with van der Waals surface area (Å²) in [7, 11) is 0. The van der Waals surface area contributed by atoms with Gasteiger partial charge in [0.25, 0.3) is 0 Å². The van der Waals surface area contributed by atoms with Crippen LogP contribution in [0.3, 0.4) is 0 Å². The lowest BCUT2D eigenvalue weighted by Crippen LogP contribution is -1.93. The van der Waals surface area contributed by atoms with Crippen molar-refractivity contribution in [2.75, 3.05) is 5.73 Å². The van der Waals surface area contributed by atoms with E-state index < -0.39 is 0 Å². The number of phenols is 1. The minimum atomic E-state index is 0.0760. The first-order chi connectivity index (χ1) is 5.57. The zero-order valence-corrected chi connectivity index (χ0v) is 9.55. The lowest BCUT2D eigenvalue weighted by atomic mass is 10.2. The van der Waals surface area contributed by atoms with Crippen LogP contribution >= 0.6 is 38.5 Å². The van der Waals surface area contributed by atoms with Crippen molar-refractivity contribution < 1.29 is 5.11 Å². The summed E-state index contributed by atoms with van der Waals surface area (Å²) < 4.78 is 0.983. The number of phenolic OH excluding ortho intramolecular Hbond substituents is 1. The molecule has 0 aliphatic heterocycles. The fraction of sp³-hybridized carbons (Fsp3) is 0. The van der Waals surface area contributed by atoms with Crippen LogP contribution in [0.5, 0.6) is 5.75 Å². The molecule has 5 heteroatoms. The topological polar surface area (TPSA) is 70.0 Å². The summed E-state index contributed by atoms with van der Waals surface area (Å²) in [6, 6.07) is 3.47. The van der Waals surface area contributed by atoms with Crippen LogP contribution in [0.2, 0.25) is 0 Å². The van der Waals surface area contributed by atoms with E-state index in [4.69, 9.17) is 11.0 Å². The minimum Gasteiger partial charge on any atom is -0.506 e. The van der Waals surface area contributed by atoms with E-state index in [0.717, 1.165) is 0 Å². The van der Waals surface area contributed by atoms with Crippen molar-refractivity contribution in [2.24, 2.45) is 0 Å². The van der Waals surface area contributed by atoms with Crippen LogP contribution in [0, 0.1) is 14.9 Å². The van der Waals surface area contributed by atoms with Gasteiger partial charge in [-0.1, -0.05) is 0 Å². The molecule has 0 aliphatic rings. The fourth-order valence-electron chi connectivity index (χ4n) is 0.716. The number of aromatic hydroxyl groups is 1. The lowest BCUT2D eigenvalue weighted by Gasteiger charge is -2.04. The molecule has 62 valence electrons. The number of rotatable bonds is 0. The minimum absolute atomic E-state index is 0.0760. The maximum absolute atomic E-state index is 9.36. The van der Waals surface area contributed by atoms with E-state index in [9.17, 15) is 5.11 Å². The van der Waals surface area contributed by atoms with Crippen molar-refractivity contribution in [1.82, 2.24) is 0 Å². The van der Waals surface area contributed by atoms with E-state index in [0.29, 0.717) is 13.6 Å². The van der Waals surface area contributed by atoms with Gasteiger partial charge in [-0.15, -0.1) is 0 Å². The molecule has 0 fully saturated rings. The molecular formula is C7H4BrIN2O. The number of nitriles is 1. The van der Waals surface area contributed by atoms with Crippen molar-refractivity contribution in [2.45, 2.75) is 0 Å². The predicted octanol–water partition coefficient (Wildman–Crippen LogP) is 2.21. The van der Waals surface area contributed by atoms with Crippen molar-refractivity contribution in [1.29, 1.82) is 5.26 Å². The Morgan fingerprint density at radius 3 is 2.75 bits per heavy atom. The normalized spacial score (nSPS) is 9.42. The highest BCUT2D eigenvalue weighted by atomic mass is 127. The highest BCUT2D eigenvalue weighted by molar-refractivity contribution is 14.1. The molecule has 0 spiro atoms. The molecule has 0 heterocycles. The summed E-state index contributed by atoms with van der Waals surface area (Å²) in [4.78, 5) is 0. The van der Waals surface area contributed by atoms with Crippen LogP contribution in [0.1, 0.15) is 5.56 Å². The molecule has 12 heavy (non-hydrogen) atoms. The molecule has 0 aliphatic carbocycles. The molecule has 0 saturated carbocycles. The van der Waals surface area contributed by atoms with Gasteiger partial charge in [0.15, 0.2) is 0 Å². The first-order valence-electron chi connectivity index (χ1n) is 2.94. The maximum Gasteiger partial charge on any atom is 0.145 e. The van der Waals surface area contributed by atoms with Gasteiger partial charge < -0.3 is 10.8 Å². The Bertz CT molecular complexity index is 373. The lowest BCUT2D eigenvalue weighted by molar-refractivity contribution is 0.468. The van der Waals surface area contributed by atoms with Crippen LogP contribution < -0.4 is 5.73 Å². The van der Waals surface area contributed by atoms with Gasteiger partial charge in [-0.2, -0.15) is 5.26 Å². The van der Waals surface area contributed by atoms with E-state index in [1.165, 1.54) is 6.07 Å². The van der Waals surface area contributed by atoms with Crippen molar-refractivity contribution in [3.63, 3.8) is 0 Å². The molecule has 0 amide bonds. The van der Waals surface area contributed by atoms with Gasteiger partial charge >= 0.3 is 0 Å². The molecule has 0 bridgehead atoms. The highest BCUT2D eigenvalue weighted by Gasteiger charge is 2.11. The SMILES string of the molecule is N#Cc1cc(I)c(O)c(Br)c1N. The number of anilines is 1. The first-order valence-corrected chi connectivity index (χ1v) is 4.81. The number of nitrogen functional groups attached to an aromatic ring is 1. The van der Waals surface area contributed by atoms with Crippen LogP contribution in [0.25, 0.3) is 0 Å². The monoisotopic (exact) mass is 338 g/mol. The van der Waals surface area contributed by atoms with Gasteiger partial charge in [0, 0.05) is 0 Å². The summed E-state index contributed by atoms with van der Waals surface area (Å²) >= 11 is 5.02. The smallest absolute Gasteiger partial charge is 0.145 e. The van der Waals surface area contributed by atoms with Crippen LogP contribution in [-0.4, -0.2) is 5.11 Å². The Labute approximate surface area is 91.5 Å². The molecule has 0 unspecified atom stereocenters.